The molecule has 0 aromatic rings. The molecule has 3 N–H and O–H groups in total. The topological polar surface area (TPSA) is 72.2 Å². The van der Waals surface area contributed by atoms with Crippen LogP contribution in [0.1, 0.15) is 45.4 Å². The van der Waals surface area contributed by atoms with Crippen LogP contribution in [-0.2, 0) is 9.59 Å². The average Bonchev–Trinajstić information content (AvgIpc) is 2.30. The van der Waals surface area contributed by atoms with E-state index in [4.69, 9.17) is 5.73 Å². The maximum absolute atomic E-state index is 11.3. The highest BCUT2D eigenvalue weighted by atomic mass is 16.1. The molecule has 0 rings (SSSR count). The van der Waals surface area contributed by atoms with Gasteiger partial charge in [-0.2, -0.15) is 0 Å². The van der Waals surface area contributed by atoms with Crippen LogP contribution in [0.15, 0.2) is 0 Å². The predicted molar refractivity (Wildman–Crippen MR) is 65.0 cm³/mol. The van der Waals surface area contributed by atoms with Crippen molar-refractivity contribution in [3.8, 4) is 0 Å². The number of carbonyl (C=O) groups is 2. The molecular weight excluding hydrogens is 204 g/mol. The third kappa shape index (κ3) is 9.65. The van der Waals surface area contributed by atoms with Gasteiger partial charge in [0.25, 0.3) is 0 Å². The van der Waals surface area contributed by atoms with Crippen molar-refractivity contribution in [3.63, 3.8) is 0 Å². The molecule has 0 aliphatic carbocycles. The Kier molecular flexibility index (Phi) is 10.0. The van der Waals surface area contributed by atoms with Gasteiger partial charge in [0.15, 0.2) is 0 Å². The Balaban J connectivity index is 3.26. The van der Waals surface area contributed by atoms with Crippen LogP contribution in [0.5, 0.6) is 0 Å². The number of amides is 1. The van der Waals surface area contributed by atoms with Crippen molar-refractivity contribution < 1.29 is 9.59 Å². The summed E-state index contributed by atoms with van der Waals surface area (Å²) in [5, 5.41) is 2.87. The van der Waals surface area contributed by atoms with Gasteiger partial charge in [0, 0.05) is 19.4 Å². The molecule has 0 radical (unpaired) electrons. The molecule has 0 saturated heterocycles. The first-order chi connectivity index (χ1) is 7.70. The van der Waals surface area contributed by atoms with Crippen molar-refractivity contribution in [1.29, 1.82) is 0 Å². The highest BCUT2D eigenvalue weighted by molar-refractivity contribution is 5.75. The Morgan fingerprint density at radius 3 is 2.75 bits per heavy atom. The summed E-state index contributed by atoms with van der Waals surface area (Å²) < 4.78 is 0. The smallest absolute Gasteiger partial charge is 0.219 e. The summed E-state index contributed by atoms with van der Waals surface area (Å²) in [5.74, 6) is 0.621. The highest BCUT2D eigenvalue weighted by Gasteiger charge is 2.01. The summed E-state index contributed by atoms with van der Waals surface area (Å²) in [4.78, 5) is 21.3. The molecule has 1 unspecified atom stereocenters. The standard InChI is InChI=1S/C12H24N2O2/c1-11(10-13)6-5-8-14-12(16)7-3-2-4-9-15/h9,11H,2-8,10,13H2,1H3,(H,14,16). The number of nitrogens with one attached hydrogen (secondary N) is 1. The van der Waals surface area contributed by atoms with Gasteiger partial charge in [-0.25, -0.2) is 0 Å². The van der Waals surface area contributed by atoms with Crippen LogP contribution in [0, 0.1) is 5.92 Å². The number of rotatable bonds is 10. The first-order valence-corrected chi connectivity index (χ1v) is 6.11. The van der Waals surface area contributed by atoms with E-state index in [1.165, 1.54) is 0 Å². The van der Waals surface area contributed by atoms with Crippen molar-refractivity contribution in [3.05, 3.63) is 0 Å². The van der Waals surface area contributed by atoms with Gasteiger partial charge in [-0.15, -0.1) is 0 Å². The third-order valence-corrected chi connectivity index (χ3v) is 2.57. The summed E-state index contributed by atoms with van der Waals surface area (Å²) >= 11 is 0. The third-order valence-electron chi connectivity index (χ3n) is 2.57. The van der Waals surface area contributed by atoms with E-state index in [9.17, 15) is 9.59 Å². The van der Waals surface area contributed by atoms with Crippen molar-refractivity contribution in [2.24, 2.45) is 11.7 Å². The van der Waals surface area contributed by atoms with Crippen molar-refractivity contribution in [2.45, 2.75) is 45.4 Å². The van der Waals surface area contributed by atoms with E-state index in [0.29, 0.717) is 25.3 Å². The fourth-order valence-electron chi connectivity index (χ4n) is 1.40. The van der Waals surface area contributed by atoms with E-state index in [0.717, 1.165) is 38.5 Å². The van der Waals surface area contributed by atoms with Gasteiger partial charge in [-0.1, -0.05) is 6.92 Å². The SMILES string of the molecule is CC(CN)CCCNC(=O)CCCCC=O. The number of unbranched alkanes of at least 4 members (excludes halogenated alkanes) is 2. The first-order valence-electron chi connectivity index (χ1n) is 6.11. The molecule has 0 aromatic heterocycles. The van der Waals surface area contributed by atoms with Crippen LogP contribution < -0.4 is 11.1 Å². The molecule has 4 nitrogen and oxygen atoms in total. The lowest BCUT2D eigenvalue weighted by Gasteiger charge is -2.08. The van der Waals surface area contributed by atoms with Gasteiger partial charge < -0.3 is 15.8 Å². The Morgan fingerprint density at radius 2 is 2.12 bits per heavy atom. The lowest BCUT2D eigenvalue weighted by Crippen LogP contribution is -2.24. The summed E-state index contributed by atoms with van der Waals surface area (Å²) in [6.45, 7) is 3.55. The quantitative estimate of drug-likeness (QED) is 0.436. The normalized spacial score (nSPS) is 12.1. The van der Waals surface area contributed by atoms with Crippen LogP contribution in [0.3, 0.4) is 0 Å². The van der Waals surface area contributed by atoms with Gasteiger partial charge in [-0.3, -0.25) is 4.79 Å². The second-order valence-corrected chi connectivity index (χ2v) is 4.25. The van der Waals surface area contributed by atoms with E-state index in [1.807, 2.05) is 0 Å². The zero-order valence-electron chi connectivity index (χ0n) is 10.2. The molecule has 0 aliphatic heterocycles. The molecular formula is C12H24N2O2. The van der Waals surface area contributed by atoms with E-state index in [-0.39, 0.29) is 5.91 Å². The summed E-state index contributed by atoms with van der Waals surface area (Å²) in [6.07, 6.45) is 5.62. The monoisotopic (exact) mass is 228 g/mol. The Bertz CT molecular complexity index is 195. The van der Waals surface area contributed by atoms with Crippen molar-refractivity contribution >= 4 is 12.2 Å². The molecule has 0 bridgehead atoms. The minimum atomic E-state index is 0.0892. The fourth-order valence-corrected chi connectivity index (χ4v) is 1.40. The van der Waals surface area contributed by atoms with Crippen molar-refractivity contribution in [1.82, 2.24) is 5.32 Å². The Labute approximate surface area is 98.0 Å². The summed E-state index contributed by atoms with van der Waals surface area (Å²) in [5.41, 5.74) is 5.49. The zero-order chi connectivity index (χ0) is 12.2. The van der Waals surface area contributed by atoms with E-state index in [2.05, 4.69) is 12.2 Å². The van der Waals surface area contributed by atoms with Crippen LogP contribution in [0.2, 0.25) is 0 Å². The number of carbonyl (C=O) groups excluding carboxylic acids is 2. The first kappa shape index (κ1) is 15.1. The van der Waals surface area contributed by atoms with E-state index >= 15 is 0 Å². The molecule has 1 atom stereocenters. The zero-order valence-corrected chi connectivity index (χ0v) is 10.2. The van der Waals surface area contributed by atoms with Gasteiger partial charge in [0.2, 0.25) is 5.91 Å². The fraction of sp³-hybridized carbons (Fsp3) is 0.833. The molecule has 94 valence electrons. The summed E-state index contributed by atoms with van der Waals surface area (Å²) in [6, 6.07) is 0. The maximum Gasteiger partial charge on any atom is 0.219 e. The minimum absolute atomic E-state index is 0.0892. The molecule has 0 saturated carbocycles. The van der Waals surface area contributed by atoms with Crippen LogP contribution >= 0.6 is 0 Å². The predicted octanol–water partition coefficient (Wildman–Crippen LogP) is 1.24. The number of aldehydes is 1. The van der Waals surface area contributed by atoms with Crippen LogP contribution in [0.25, 0.3) is 0 Å². The maximum atomic E-state index is 11.3. The van der Waals surface area contributed by atoms with E-state index in [1.54, 1.807) is 0 Å². The lowest BCUT2D eigenvalue weighted by molar-refractivity contribution is -0.121. The van der Waals surface area contributed by atoms with Gasteiger partial charge in [0.1, 0.15) is 6.29 Å². The minimum Gasteiger partial charge on any atom is -0.356 e. The molecule has 0 fully saturated rings. The Morgan fingerprint density at radius 1 is 1.38 bits per heavy atom. The number of nitrogens with two attached hydrogens (primary N) is 1. The van der Waals surface area contributed by atoms with Crippen LogP contribution in [-0.4, -0.2) is 25.3 Å². The average molecular weight is 228 g/mol. The van der Waals surface area contributed by atoms with Gasteiger partial charge >= 0.3 is 0 Å². The van der Waals surface area contributed by atoms with Gasteiger partial charge in [0.05, 0.1) is 0 Å². The number of hydrogen-bond donors (Lipinski definition) is 2. The van der Waals surface area contributed by atoms with Crippen LogP contribution in [0.4, 0.5) is 0 Å². The van der Waals surface area contributed by atoms with E-state index < -0.39 is 0 Å². The number of hydrogen-bond acceptors (Lipinski definition) is 3. The molecule has 4 heteroatoms. The molecule has 0 aliphatic rings. The molecule has 1 amide bonds. The second-order valence-electron chi connectivity index (χ2n) is 4.25. The van der Waals surface area contributed by atoms with Gasteiger partial charge in [-0.05, 0) is 38.1 Å². The molecule has 0 spiro atoms. The molecule has 0 heterocycles. The summed E-state index contributed by atoms with van der Waals surface area (Å²) in [7, 11) is 0. The van der Waals surface area contributed by atoms with Crippen molar-refractivity contribution in [2.75, 3.05) is 13.1 Å². The second kappa shape index (κ2) is 10.6. The molecule has 16 heavy (non-hydrogen) atoms. The lowest BCUT2D eigenvalue weighted by atomic mass is 10.1. The highest BCUT2D eigenvalue weighted by Crippen LogP contribution is 2.02. The largest absolute Gasteiger partial charge is 0.356 e. The Hall–Kier alpha value is -0.900. The molecule has 0 aromatic carbocycles.